The summed E-state index contributed by atoms with van der Waals surface area (Å²) in [6.07, 6.45) is 0.434. The first-order chi connectivity index (χ1) is 8.97. The molecule has 0 aliphatic carbocycles. The number of benzene rings is 1. The van der Waals surface area contributed by atoms with Gasteiger partial charge in [0.15, 0.2) is 11.5 Å². The summed E-state index contributed by atoms with van der Waals surface area (Å²) in [7, 11) is 2.91. The van der Waals surface area contributed by atoms with Crippen molar-refractivity contribution < 1.29 is 19.0 Å². The topological polar surface area (TPSA) is 70.8 Å². The summed E-state index contributed by atoms with van der Waals surface area (Å²) in [6, 6.07) is 4.82. The number of methoxy groups -OCH3 is 2. The highest BCUT2D eigenvalue weighted by atomic mass is 16.5. The number of rotatable bonds is 6. The molecule has 0 bridgehead atoms. The van der Waals surface area contributed by atoms with Crippen molar-refractivity contribution in [1.29, 1.82) is 0 Å². The Bertz CT molecular complexity index is 431. The largest absolute Gasteiger partial charge is 0.493 e. The molecular formula is C14H21NO4. The Hall–Kier alpha value is -1.75. The number of hydrogen-bond donors (Lipinski definition) is 1. The van der Waals surface area contributed by atoms with E-state index in [2.05, 4.69) is 4.74 Å². The van der Waals surface area contributed by atoms with Crippen LogP contribution >= 0.6 is 0 Å². The number of carbonyl (C=O) groups excluding carboxylic acids is 1. The third kappa shape index (κ3) is 4.44. The molecule has 2 N–H and O–H groups in total. The first-order valence-electron chi connectivity index (χ1n) is 6.15. The predicted octanol–water partition coefficient (Wildman–Crippen LogP) is 1.53. The van der Waals surface area contributed by atoms with Gasteiger partial charge in [0.05, 0.1) is 20.3 Å². The second-order valence-electron chi connectivity index (χ2n) is 4.49. The molecule has 0 aromatic heterocycles. The highest BCUT2D eigenvalue weighted by Crippen LogP contribution is 2.29. The van der Waals surface area contributed by atoms with Crippen LogP contribution in [0.1, 0.15) is 19.4 Å². The summed E-state index contributed by atoms with van der Waals surface area (Å²) in [4.78, 5) is 11.3. The second kappa shape index (κ2) is 6.99. The molecule has 0 aliphatic heterocycles. The number of esters is 1. The third-order valence-electron chi connectivity index (χ3n) is 2.55. The average Bonchev–Trinajstić information content (AvgIpc) is 2.37. The second-order valence-corrected chi connectivity index (χ2v) is 4.49. The van der Waals surface area contributed by atoms with Crippen LogP contribution in [0.4, 0.5) is 0 Å². The van der Waals surface area contributed by atoms with Gasteiger partial charge in [-0.1, -0.05) is 6.07 Å². The van der Waals surface area contributed by atoms with Crippen molar-refractivity contribution in [2.45, 2.75) is 32.4 Å². The minimum Gasteiger partial charge on any atom is -0.493 e. The van der Waals surface area contributed by atoms with Gasteiger partial charge in [0.25, 0.3) is 0 Å². The fourth-order valence-corrected chi connectivity index (χ4v) is 1.68. The van der Waals surface area contributed by atoms with Crippen LogP contribution in [-0.4, -0.2) is 32.3 Å². The van der Waals surface area contributed by atoms with E-state index in [1.165, 1.54) is 7.11 Å². The van der Waals surface area contributed by atoms with Crippen molar-refractivity contribution in [2.75, 3.05) is 14.2 Å². The first kappa shape index (κ1) is 15.3. The summed E-state index contributed by atoms with van der Waals surface area (Å²) in [5.41, 5.74) is 6.63. The van der Waals surface area contributed by atoms with Crippen LogP contribution < -0.4 is 15.2 Å². The van der Waals surface area contributed by atoms with Gasteiger partial charge in [-0.05, 0) is 38.0 Å². The van der Waals surface area contributed by atoms with Gasteiger partial charge in [0.2, 0.25) is 0 Å². The normalized spacial score (nSPS) is 12.1. The fourth-order valence-electron chi connectivity index (χ4n) is 1.68. The van der Waals surface area contributed by atoms with Gasteiger partial charge in [-0.15, -0.1) is 0 Å². The predicted molar refractivity (Wildman–Crippen MR) is 72.5 cm³/mol. The molecule has 1 atom stereocenters. The highest BCUT2D eigenvalue weighted by Gasteiger charge is 2.16. The molecule has 0 heterocycles. The van der Waals surface area contributed by atoms with Gasteiger partial charge in [-0.2, -0.15) is 0 Å². The molecule has 5 nitrogen and oxygen atoms in total. The van der Waals surface area contributed by atoms with Crippen molar-refractivity contribution in [1.82, 2.24) is 0 Å². The Kier molecular flexibility index (Phi) is 5.63. The molecule has 0 radical (unpaired) electrons. The van der Waals surface area contributed by atoms with E-state index < -0.39 is 12.0 Å². The molecule has 19 heavy (non-hydrogen) atoms. The van der Waals surface area contributed by atoms with Crippen LogP contribution in [0, 0.1) is 0 Å². The number of nitrogens with two attached hydrogens (primary N) is 1. The summed E-state index contributed by atoms with van der Waals surface area (Å²) in [5.74, 6) is 0.873. The maximum Gasteiger partial charge on any atom is 0.322 e. The molecule has 106 valence electrons. The maximum absolute atomic E-state index is 11.3. The van der Waals surface area contributed by atoms with Gasteiger partial charge < -0.3 is 19.9 Å². The van der Waals surface area contributed by atoms with E-state index in [0.717, 1.165) is 5.56 Å². The lowest BCUT2D eigenvalue weighted by molar-refractivity contribution is -0.142. The molecule has 1 rings (SSSR count). The Morgan fingerprint density at radius 2 is 1.95 bits per heavy atom. The first-order valence-corrected chi connectivity index (χ1v) is 6.15. The van der Waals surface area contributed by atoms with Gasteiger partial charge >= 0.3 is 5.97 Å². The van der Waals surface area contributed by atoms with Crippen LogP contribution in [0.2, 0.25) is 0 Å². The average molecular weight is 267 g/mol. The van der Waals surface area contributed by atoms with E-state index in [0.29, 0.717) is 17.9 Å². The Morgan fingerprint density at radius 3 is 2.47 bits per heavy atom. The number of hydrogen-bond acceptors (Lipinski definition) is 5. The molecular weight excluding hydrogens is 246 g/mol. The minimum absolute atomic E-state index is 0.0402. The fraction of sp³-hybridized carbons (Fsp3) is 0.500. The Balaban J connectivity index is 2.88. The van der Waals surface area contributed by atoms with Gasteiger partial charge in [-0.25, -0.2) is 0 Å². The molecule has 0 fully saturated rings. The lowest BCUT2D eigenvalue weighted by atomic mass is 10.1. The van der Waals surface area contributed by atoms with E-state index in [9.17, 15) is 4.79 Å². The molecule has 1 aromatic rings. The molecule has 0 unspecified atom stereocenters. The SMILES string of the molecule is COC(=O)[C@@H](N)Cc1ccc(OC)c(OC(C)C)c1. The lowest BCUT2D eigenvalue weighted by Crippen LogP contribution is -2.33. The number of ether oxygens (including phenoxy) is 3. The Labute approximate surface area is 113 Å². The van der Waals surface area contributed by atoms with E-state index in [4.69, 9.17) is 15.2 Å². The van der Waals surface area contributed by atoms with Gasteiger partial charge in [0.1, 0.15) is 6.04 Å². The molecule has 5 heteroatoms. The van der Waals surface area contributed by atoms with Crippen LogP contribution in [-0.2, 0) is 16.0 Å². The maximum atomic E-state index is 11.3. The minimum atomic E-state index is -0.676. The van der Waals surface area contributed by atoms with Crippen molar-refractivity contribution >= 4 is 5.97 Å². The van der Waals surface area contributed by atoms with Crippen LogP contribution in [0.3, 0.4) is 0 Å². The van der Waals surface area contributed by atoms with Crippen molar-refractivity contribution in [3.8, 4) is 11.5 Å². The summed E-state index contributed by atoms with van der Waals surface area (Å²) in [6.45, 7) is 3.87. The molecule has 0 amide bonds. The van der Waals surface area contributed by atoms with E-state index in [-0.39, 0.29) is 6.10 Å². The molecule has 0 saturated carbocycles. The number of carbonyl (C=O) groups is 1. The molecule has 0 spiro atoms. The van der Waals surface area contributed by atoms with Crippen LogP contribution in [0.15, 0.2) is 18.2 Å². The Morgan fingerprint density at radius 1 is 1.26 bits per heavy atom. The third-order valence-corrected chi connectivity index (χ3v) is 2.55. The standard InChI is InChI=1S/C14H21NO4/c1-9(2)19-13-8-10(5-6-12(13)17-3)7-11(15)14(16)18-4/h5-6,8-9,11H,7,15H2,1-4H3/t11-/m0/s1. The molecule has 0 aliphatic rings. The quantitative estimate of drug-likeness (QED) is 0.791. The van der Waals surface area contributed by atoms with E-state index >= 15 is 0 Å². The lowest BCUT2D eigenvalue weighted by Gasteiger charge is -2.15. The highest BCUT2D eigenvalue weighted by molar-refractivity contribution is 5.75. The summed E-state index contributed by atoms with van der Waals surface area (Å²) >= 11 is 0. The zero-order valence-electron chi connectivity index (χ0n) is 11.8. The monoisotopic (exact) mass is 267 g/mol. The van der Waals surface area contributed by atoms with Gasteiger partial charge in [-0.3, -0.25) is 4.79 Å². The molecule has 1 aromatic carbocycles. The van der Waals surface area contributed by atoms with Crippen molar-refractivity contribution in [3.63, 3.8) is 0 Å². The zero-order chi connectivity index (χ0) is 14.4. The van der Waals surface area contributed by atoms with Crippen LogP contribution in [0.5, 0.6) is 11.5 Å². The van der Waals surface area contributed by atoms with E-state index in [1.54, 1.807) is 13.2 Å². The van der Waals surface area contributed by atoms with Crippen molar-refractivity contribution in [2.24, 2.45) is 5.73 Å². The van der Waals surface area contributed by atoms with Gasteiger partial charge in [0, 0.05) is 0 Å². The van der Waals surface area contributed by atoms with Crippen molar-refractivity contribution in [3.05, 3.63) is 23.8 Å². The van der Waals surface area contributed by atoms with Crippen LogP contribution in [0.25, 0.3) is 0 Å². The smallest absolute Gasteiger partial charge is 0.322 e. The van der Waals surface area contributed by atoms with E-state index in [1.807, 2.05) is 26.0 Å². The summed E-state index contributed by atoms with van der Waals surface area (Å²) in [5, 5.41) is 0. The molecule has 0 saturated heterocycles. The summed E-state index contributed by atoms with van der Waals surface area (Å²) < 4.78 is 15.5. The zero-order valence-corrected chi connectivity index (χ0v) is 11.8.